The molecule has 1 aromatic rings. The molecule has 2 nitrogen and oxygen atoms in total. The van der Waals surface area contributed by atoms with Gasteiger partial charge in [-0.3, -0.25) is 0 Å². The van der Waals surface area contributed by atoms with E-state index in [1.807, 2.05) is 6.92 Å². The molecule has 0 aromatic heterocycles. The van der Waals surface area contributed by atoms with Gasteiger partial charge in [0.25, 0.3) is 0 Å². The van der Waals surface area contributed by atoms with E-state index >= 15 is 0 Å². The van der Waals surface area contributed by atoms with Crippen LogP contribution in [0.15, 0.2) is 18.2 Å². The van der Waals surface area contributed by atoms with Gasteiger partial charge in [-0.2, -0.15) is 0 Å². The molecule has 0 radical (unpaired) electrons. The Morgan fingerprint density at radius 3 is 2.65 bits per heavy atom. The van der Waals surface area contributed by atoms with Gasteiger partial charge in [0.15, 0.2) is 0 Å². The lowest BCUT2D eigenvalue weighted by Crippen LogP contribution is -2.29. The molecule has 2 unspecified atom stereocenters. The van der Waals surface area contributed by atoms with Gasteiger partial charge in [-0.1, -0.05) is 19.4 Å². The molecule has 2 N–H and O–H groups in total. The Morgan fingerprint density at radius 1 is 1.35 bits per heavy atom. The topological polar surface area (TPSA) is 32.3 Å². The zero-order valence-corrected chi connectivity index (χ0v) is 10.2. The third-order valence-corrected chi connectivity index (χ3v) is 2.71. The van der Waals surface area contributed by atoms with Crippen LogP contribution in [0.25, 0.3) is 0 Å². The van der Waals surface area contributed by atoms with E-state index in [4.69, 9.17) is 0 Å². The fourth-order valence-electron chi connectivity index (χ4n) is 1.71. The summed E-state index contributed by atoms with van der Waals surface area (Å²) in [4.78, 5) is 0. The SMILES string of the molecule is CCCC(O)CNC(C)c1ccc(F)cc1F. The van der Waals surface area contributed by atoms with Crippen LogP contribution >= 0.6 is 0 Å². The molecule has 0 heterocycles. The molecule has 0 saturated carbocycles. The fourth-order valence-corrected chi connectivity index (χ4v) is 1.71. The number of nitrogens with one attached hydrogen (secondary N) is 1. The summed E-state index contributed by atoms with van der Waals surface area (Å²) in [5.41, 5.74) is 0.412. The quantitative estimate of drug-likeness (QED) is 0.805. The number of aliphatic hydroxyl groups is 1. The van der Waals surface area contributed by atoms with Gasteiger partial charge in [0.1, 0.15) is 11.6 Å². The van der Waals surface area contributed by atoms with Crippen molar-refractivity contribution in [3.63, 3.8) is 0 Å². The Hall–Kier alpha value is -1.00. The monoisotopic (exact) mass is 243 g/mol. The first kappa shape index (κ1) is 14.1. The van der Waals surface area contributed by atoms with E-state index in [0.29, 0.717) is 18.5 Å². The predicted molar refractivity (Wildman–Crippen MR) is 63.7 cm³/mol. The number of rotatable bonds is 6. The molecule has 2 atom stereocenters. The zero-order valence-electron chi connectivity index (χ0n) is 10.2. The van der Waals surface area contributed by atoms with Gasteiger partial charge >= 0.3 is 0 Å². The van der Waals surface area contributed by atoms with E-state index in [1.165, 1.54) is 12.1 Å². The largest absolute Gasteiger partial charge is 0.392 e. The normalized spacial score (nSPS) is 14.6. The van der Waals surface area contributed by atoms with Gasteiger partial charge < -0.3 is 10.4 Å². The first-order chi connectivity index (χ1) is 8.04. The predicted octanol–water partition coefficient (Wildman–Crippen LogP) is 2.78. The van der Waals surface area contributed by atoms with Crippen molar-refractivity contribution in [2.75, 3.05) is 6.54 Å². The summed E-state index contributed by atoms with van der Waals surface area (Å²) in [6.07, 6.45) is 1.19. The highest BCUT2D eigenvalue weighted by Crippen LogP contribution is 2.17. The van der Waals surface area contributed by atoms with Crippen LogP contribution in [-0.4, -0.2) is 17.8 Å². The summed E-state index contributed by atoms with van der Waals surface area (Å²) in [5.74, 6) is -1.14. The van der Waals surface area contributed by atoms with Crippen molar-refractivity contribution in [2.24, 2.45) is 0 Å². The molecule has 0 aliphatic rings. The number of hydrogen-bond acceptors (Lipinski definition) is 2. The number of hydrogen-bond donors (Lipinski definition) is 2. The number of benzene rings is 1. The zero-order chi connectivity index (χ0) is 12.8. The Balaban J connectivity index is 2.54. The van der Waals surface area contributed by atoms with E-state index < -0.39 is 17.7 Å². The first-order valence-corrected chi connectivity index (χ1v) is 5.91. The molecule has 1 rings (SSSR count). The van der Waals surface area contributed by atoms with Crippen molar-refractivity contribution >= 4 is 0 Å². The van der Waals surface area contributed by atoms with Gasteiger partial charge in [-0.05, 0) is 19.4 Å². The standard InChI is InChI=1S/C13H19F2NO/c1-3-4-11(17)8-16-9(2)12-6-5-10(14)7-13(12)15/h5-7,9,11,16-17H,3-4,8H2,1-2H3. The van der Waals surface area contributed by atoms with Crippen LogP contribution in [0.3, 0.4) is 0 Å². The minimum absolute atomic E-state index is 0.248. The minimum Gasteiger partial charge on any atom is -0.392 e. The summed E-state index contributed by atoms with van der Waals surface area (Å²) in [7, 11) is 0. The summed E-state index contributed by atoms with van der Waals surface area (Å²) in [5, 5.41) is 12.6. The fraction of sp³-hybridized carbons (Fsp3) is 0.538. The summed E-state index contributed by atoms with van der Waals surface area (Å²) in [6.45, 7) is 4.19. The van der Waals surface area contributed by atoms with Crippen molar-refractivity contribution in [1.82, 2.24) is 5.32 Å². The van der Waals surface area contributed by atoms with Crippen LogP contribution in [0.2, 0.25) is 0 Å². The van der Waals surface area contributed by atoms with E-state index in [2.05, 4.69) is 5.32 Å². The third kappa shape index (κ3) is 4.40. The molecule has 1 aromatic carbocycles. The van der Waals surface area contributed by atoms with Crippen molar-refractivity contribution in [1.29, 1.82) is 0 Å². The Morgan fingerprint density at radius 2 is 2.06 bits per heavy atom. The third-order valence-electron chi connectivity index (χ3n) is 2.71. The first-order valence-electron chi connectivity index (χ1n) is 5.91. The Bertz CT molecular complexity index is 357. The molecule has 0 saturated heterocycles. The summed E-state index contributed by atoms with van der Waals surface area (Å²) < 4.78 is 26.2. The molecule has 0 aliphatic heterocycles. The second-order valence-electron chi connectivity index (χ2n) is 4.24. The molecular formula is C13H19F2NO. The molecule has 0 spiro atoms. The van der Waals surface area contributed by atoms with Crippen LogP contribution < -0.4 is 5.32 Å². The van der Waals surface area contributed by atoms with Gasteiger partial charge in [0, 0.05) is 24.2 Å². The van der Waals surface area contributed by atoms with Crippen LogP contribution in [0.5, 0.6) is 0 Å². The van der Waals surface area contributed by atoms with E-state index in [0.717, 1.165) is 12.5 Å². The maximum Gasteiger partial charge on any atom is 0.130 e. The Labute approximate surface area is 101 Å². The lowest BCUT2D eigenvalue weighted by Gasteiger charge is -2.17. The number of halogens is 2. The van der Waals surface area contributed by atoms with Gasteiger partial charge in [0.2, 0.25) is 0 Å². The lowest BCUT2D eigenvalue weighted by atomic mass is 10.1. The summed E-state index contributed by atoms with van der Waals surface area (Å²) >= 11 is 0. The van der Waals surface area contributed by atoms with Crippen LogP contribution in [0, 0.1) is 11.6 Å². The minimum atomic E-state index is -0.579. The van der Waals surface area contributed by atoms with Gasteiger partial charge in [-0.15, -0.1) is 0 Å². The molecule has 0 fully saturated rings. The highest BCUT2D eigenvalue weighted by molar-refractivity contribution is 5.21. The molecule has 0 aliphatic carbocycles. The molecule has 96 valence electrons. The Kier molecular flexibility index (Phi) is 5.51. The van der Waals surface area contributed by atoms with Crippen LogP contribution in [-0.2, 0) is 0 Å². The lowest BCUT2D eigenvalue weighted by molar-refractivity contribution is 0.157. The molecule has 17 heavy (non-hydrogen) atoms. The maximum absolute atomic E-state index is 13.4. The smallest absolute Gasteiger partial charge is 0.130 e. The molecule has 4 heteroatoms. The molecule has 0 bridgehead atoms. The summed E-state index contributed by atoms with van der Waals surface area (Å²) in [6, 6.07) is 3.28. The van der Waals surface area contributed by atoms with Crippen molar-refractivity contribution in [3.8, 4) is 0 Å². The number of aliphatic hydroxyl groups excluding tert-OH is 1. The van der Waals surface area contributed by atoms with Gasteiger partial charge in [-0.25, -0.2) is 8.78 Å². The average Bonchev–Trinajstić information content (AvgIpc) is 2.26. The van der Waals surface area contributed by atoms with Crippen LogP contribution in [0.4, 0.5) is 8.78 Å². The molecular weight excluding hydrogens is 224 g/mol. The van der Waals surface area contributed by atoms with Crippen molar-refractivity contribution in [2.45, 2.75) is 38.8 Å². The van der Waals surface area contributed by atoms with E-state index in [1.54, 1.807) is 6.92 Å². The second-order valence-corrected chi connectivity index (χ2v) is 4.24. The average molecular weight is 243 g/mol. The van der Waals surface area contributed by atoms with E-state index in [-0.39, 0.29) is 6.04 Å². The maximum atomic E-state index is 13.4. The van der Waals surface area contributed by atoms with E-state index in [9.17, 15) is 13.9 Å². The van der Waals surface area contributed by atoms with Crippen molar-refractivity contribution in [3.05, 3.63) is 35.4 Å². The van der Waals surface area contributed by atoms with Crippen molar-refractivity contribution < 1.29 is 13.9 Å². The molecule has 0 amide bonds. The highest BCUT2D eigenvalue weighted by Gasteiger charge is 2.12. The van der Waals surface area contributed by atoms with Crippen LogP contribution in [0.1, 0.15) is 38.3 Å². The second kappa shape index (κ2) is 6.67. The van der Waals surface area contributed by atoms with Gasteiger partial charge in [0.05, 0.1) is 6.10 Å². The highest BCUT2D eigenvalue weighted by atomic mass is 19.1.